The fourth-order valence-electron chi connectivity index (χ4n) is 5.21. The van der Waals surface area contributed by atoms with E-state index >= 15 is 0 Å². The molecule has 2 aliphatic heterocycles. The second-order valence-electron chi connectivity index (χ2n) is 9.61. The molecule has 0 spiro atoms. The van der Waals surface area contributed by atoms with Crippen LogP contribution >= 0.6 is 0 Å². The SMILES string of the molecule is COc1ccc(CNC(=O)[C@@H]2C[C@H](CN3CCOCC3)CN(CCc3ccccc3)C2)cc1OC. The van der Waals surface area contributed by atoms with Crippen LogP contribution in [0.4, 0.5) is 0 Å². The molecular formula is C28H39N3O4. The Morgan fingerprint density at radius 2 is 1.74 bits per heavy atom. The van der Waals surface area contributed by atoms with Crippen molar-refractivity contribution in [2.45, 2.75) is 19.4 Å². The number of likely N-dealkylation sites (tertiary alicyclic amines) is 1. The van der Waals surface area contributed by atoms with Crippen molar-refractivity contribution >= 4 is 5.91 Å². The van der Waals surface area contributed by atoms with E-state index in [1.54, 1.807) is 14.2 Å². The first-order valence-corrected chi connectivity index (χ1v) is 12.7. The van der Waals surface area contributed by atoms with Crippen LogP contribution in [0.5, 0.6) is 11.5 Å². The van der Waals surface area contributed by atoms with Crippen molar-refractivity contribution in [3.05, 3.63) is 59.7 Å². The maximum Gasteiger partial charge on any atom is 0.224 e. The predicted octanol–water partition coefficient (Wildman–Crippen LogP) is 2.83. The average molecular weight is 482 g/mol. The number of piperidine rings is 1. The van der Waals surface area contributed by atoms with Gasteiger partial charge in [0.15, 0.2) is 11.5 Å². The third-order valence-corrected chi connectivity index (χ3v) is 7.08. The summed E-state index contributed by atoms with van der Waals surface area (Å²) in [5.74, 6) is 1.97. The molecule has 7 nitrogen and oxygen atoms in total. The molecule has 35 heavy (non-hydrogen) atoms. The molecule has 2 fully saturated rings. The van der Waals surface area contributed by atoms with E-state index in [4.69, 9.17) is 14.2 Å². The highest BCUT2D eigenvalue weighted by Gasteiger charge is 2.32. The largest absolute Gasteiger partial charge is 0.493 e. The van der Waals surface area contributed by atoms with Crippen molar-refractivity contribution in [2.24, 2.45) is 11.8 Å². The van der Waals surface area contributed by atoms with Gasteiger partial charge < -0.3 is 24.4 Å². The van der Waals surface area contributed by atoms with Crippen LogP contribution < -0.4 is 14.8 Å². The van der Waals surface area contributed by atoms with E-state index < -0.39 is 0 Å². The number of benzene rings is 2. The van der Waals surface area contributed by atoms with Crippen molar-refractivity contribution in [1.29, 1.82) is 0 Å². The van der Waals surface area contributed by atoms with Gasteiger partial charge in [-0.15, -0.1) is 0 Å². The molecule has 2 atom stereocenters. The van der Waals surface area contributed by atoms with Gasteiger partial charge in [0.1, 0.15) is 0 Å². The van der Waals surface area contributed by atoms with Crippen LogP contribution in [0.15, 0.2) is 48.5 Å². The minimum absolute atomic E-state index is 0.00860. The van der Waals surface area contributed by atoms with Crippen LogP contribution in [0.25, 0.3) is 0 Å². The van der Waals surface area contributed by atoms with E-state index in [1.807, 2.05) is 18.2 Å². The van der Waals surface area contributed by atoms with Crippen molar-refractivity contribution in [3.63, 3.8) is 0 Å². The number of ether oxygens (including phenoxy) is 3. The molecule has 2 aromatic carbocycles. The van der Waals surface area contributed by atoms with Gasteiger partial charge in [-0.1, -0.05) is 36.4 Å². The third kappa shape index (κ3) is 7.43. The molecule has 2 aromatic rings. The highest BCUT2D eigenvalue weighted by molar-refractivity contribution is 5.79. The Bertz CT molecular complexity index is 933. The Morgan fingerprint density at radius 1 is 0.971 bits per heavy atom. The summed E-state index contributed by atoms with van der Waals surface area (Å²) < 4.78 is 16.3. The minimum atomic E-state index is -0.00860. The Morgan fingerprint density at radius 3 is 2.49 bits per heavy atom. The molecule has 1 N–H and O–H groups in total. The molecule has 0 aromatic heterocycles. The summed E-state index contributed by atoms with van der Waals surface area (Å²) >= 11 is 0. The predicted molar refractivity (Wildman–Crippen MR) is 137 cm³/mol. The van der Waals surface area contributed by atoms with Crippen LogP contribution in [-0.2, 0) is 22.5 Å². The molecule has 2 heterocycles. The van der Waals surface area contributed by atoms with Crippen LogP contribution in [0.2, 0.25) is 0 Å². The molecule has 2 saturated heterocycles. The van der Waals surface area contributed by atoms with Gasteiger partial charge in [0.25, 0.3) is 0 Å². The number of methoxy groups -OCH3 is 2. The number of rotatable bonds is 10. The van der Waals surface area contributed by atoms with Gasteiger partial charge in [0.2, 0.25) is 5.91 Å². The maximum atomic E-state index is 13.3. The zero-order valence-electron chi connectivity index (χ0n) is 21.1. The molecule has 7 heteroatoms. The van der Waals surface area contributed by atoms with Crippen LogP contribution in [0.3, 0.4) is 0 Å². The highest BCUT2D eigenvalue weighted by Crippen LogP contribution is 2.28. The molecule has 0 aliphatic carbocycles. The fourth-order valence-corrected chi connectivity index (χ4v) is 5.21. The van der Waals surface area contributed by atoms with Gasteiger partial charge in [0.05, 0.1) is 33.4 Å². The molecule has 4 rings (SSSR count). The third-order valence-electron chi connectivity index (χ3n) is 7.08. The normalized spacial score (nSPS) is 21.4. The molecule has 190 valence electrons. The van der Waals surface area contributed by atoms with Crippen LogP contribution in [-0.4, -0.2) is 82.4 Å². The number of morpholine rings is 1. The highest BCUT2D eigenvalue weighted by atomic mass is 16.5. The lowest BCUT2D eigenvalue weighted by molar-refractivity contribution is -0.127. The quantitative estimate of drug-likeness (QED) is 0.563. The molecule has 0 saturated carbocycles. The summed E-state index contributed by atoms with van der Waals surface area (Å²) in [5, 5.41) is 3.18. The van der Waals surface area contributed by atoms with E-state index in [1.165, 1.54) is 5.56 Å². The Hall–Kier alpha value is -2.61. The Balaban J connectivity index is 1.37. The first-order chi connectivity index (χ1) is 17.1. The Kier molecular flexibility index (Phi) is 9.40. The monoisotopic (exact) mass is 481 g/mol. The molecule has 0 radical (unpaired) electrons. The number of hydrogen-bond donors (Lipinski definition) is 1. The summed E-state index contributed by atoms with van der Waals surface area (Å²) in [5.41, 5.74) is 2.34. The smallest absolute Gasteiger partial charge is 0.224 e. The summed E-state index contributed by atoms with van der Waals surface area (Å²) in [7, 11) is 3.25. The van der Waals surface area contributed by atoms with E-state index in [-0.39, 0.29) is 11.8 Å². The summed E-state index contributed by atoms with van der Waals surface area (Å²) in [4.78, 5) is 18.3. The van der Waals surface area contributed by atoms with Crippen LogP contribution in [0, 0.1) is 11.8 Å². The number of nitrogens with one attached hydrogen (secondary N) is 1. The topological polar surface area (TPSA) is 63.3 Å². The minimum Gasteiger partial charge on any atom is -0.493 e. The zero-order chi connectivity index (χ0) is 24.5. The van der Waals surface area contributed by atoms with Gasteiger partial charge in [-0.2, -0.15) is 0 Å². The zero-order valence-corrected chi connectivity index (χ0v) is 21.1. The van der Waals surface area contributed by atoms with Gasteiger partial charge in [-0.25, -0.2) is 0 Å². The lowest BCUT2D eigenvalue weighted by atomic mass is 9.87. The first kappa shape index (κ1) is 25.5. The summed E-state index contributed by atoms with van der Waals surface area (Å²) in [6.07, 6.45) is 1.93. The molecule has 1 amide bonds. The summed E-state index contributed by atoms with van der Waals surface area (Å²) in [6.45, 7) is 7.92. The van der Waals surface area contributed by atoms with Crippen molar-refractivity contribution in [2.75, 3.05) is 66.7 Å². The van der Waals surface area contributed by atoms with E-state index in [9.17, 15) is 4.79 Å². The van der Waals surface area contributed by atoms with Crippen molar-refractivity contribution in [3.8, 4) is 11.5 Å². The fraction of sp³-hybridized carbons (Fsp3) is 0.536. The molecule has 0 unspecified atom stereocenters. The van der Waals surface area contributed by atoms with Gasteiger partial charge in [-0.3, -0.25) is 9.69 Å². The van der Waals surface area contributed by atoms with E-state index in [0.29, 0.717) is 24.0 Å². The van der Waals surface area contributed by atoms with Gasteiger partial charge >= 0.3 is 0 Å². The van der Waals surface area contributed by atoms with E-state index in [2.05, 4.69) is 45.4 Å². The number of hydrogen-bond acceptors (Lipinski definition) is 6. The number of carbonyl (C=O) groups is 1. The second kappa shape index (κ2) is 12.9. The van der Waals surface area contributed by atoms with Gasteiger partial charge in [0, 0.05) is 45.8 Å². The number of carbonyl (C=O) groups excluding carboxylic acids is 1. The van der Waals surface area contributed by atoms with Crippen LogP contribution in [0.1, 0.15) is 17.5 Å². The number of amides is 1. The van der Waals surface area contributed by atoms with E-state index in [0.717, 1.165) is 70.9 Å². The molecule has 2 aliphatic rings. The Labute approximate surface area is 209 Å². The van der Waals surface area contributed by atoms with Crippen molar-refractivity contribution < 1.29 is 19.0 Å². The lowest BCUT2D eigenvalue weighted by Gasteiger charge is -2.40. The maximum absolute atomic E-state index is 13.3. The standard InChI is InChI=1S/C28H39N3O4/c1-33-26-9-8-23(17-27(26)34-2)18-29-28(32)25-16-24(19-30-12-14-35-15-13-30)20-31(21-25)11-10-22-6-4-3-5-7-22/h3-9,17,24-25H,10-16,18-21H2,1-2H3,(H,29,32)/t24-,25-/m1/s1. The first-order valence-electron chi connectivity index (χ1n) is 12.7. The average Bonchev–Trinajstić information content (AvgIpc) is 2.91. The molecule has 0 bridgehead atoms. The van der Waals surface area contributed by atoms with Crippen molar-refractivity contribution in [1.82, 2.24) is 15.1 Å². The summed E-state index contributed by atoms with van der Waals surface area (Å²) in [6, 6.07) is 16.4. The molecular weight excluding hydrogens is 442 g/mol. The van der Waals surface area contributed by atoms with Gasteiger partial charge in [-0.05, 0) is 42.0 Å². The second-order valence-corrected chi connectivity index (χ2v) is 9.61. The number of nitrogens with zero attached hydrogens (tertiary/aromatic N) is 2. The lowest BCUT2D eigenvalue weighted by Crippen LogP contribution is -2.50.